The maximum absolute atomic E-state index is 14.8. The van der Waals surface area contributed by atoms with Crippen LogP contribution < -0.4 is 20.3 Å². The van der Waals surface area contributed by atoms with Crippen LogP contribution in [0.3, 0.4) is 0 Å². The SMILES string of the molecule is COc1ccc(NCc2ccc(F)c(Nc3ncnc4cnc(N5CCCCCC5)nc34)c2)cc1C(F)(F)F. The molecule has 0 atom stereocenters. The molecule has 1 aliphatic heterocycles. The third-order valence-electron chi connectivity index (χ3n) is 6.54. The molecule has 5 rings (SSSR count). The van der Waals surface area contributed by atoms with Crippen LogP contribution in [0.1, 0.15) is 36.8 Å². The van der Waals surface area contributed by atoms with Gasteiger partial charge >= 0.3 is 6.18 Å². The first-order valence-electron chi connectivity index (χ1n) is 12.6. The molecule has 12 heteroatoms. The average molecular weight is 542 g/mol. The van der Waals surface area contributed by atoms with Crippen molar-refractivity contribution < 1.29 is 22.3 Å². The molecule has 204 valence electrons. The van der Waals surface area contributed by atoms with Gasteiger partial charge in [-0.1, -0.05) is 18.9 Å². The van der Waals surface area contributed by atoms with Gasteiger partial charge in [-0.25, -0.2) is 24.3 Å². The van der Waals surface area contributed by atoms with Crippen LogP contribution in [0.15, 0.2) is 48.9 Å². The molecule has 0 amide bonds. The highest BCUT2D eigenvalue weighted by Crippen LogP contribution is 2.38. The molecule has 0 spiro atoms. The molecule has 4 aromatic rings. The standard InChI is InChI=1S/C27H27F4N7O/c1-39-23-9-7-18(13-19(23)27(29,30)31)32-14-17-6-8-20(28)21(12-17)36-25-24-22(34-16-35-25)15-33-26(37-24)38-10-4-2-3-5-11-38/h6-9,12-13,15-16,32H,2-5,10-11,14H2,1H3,(H,34,35,36). The minimum atomic E-state index is -4.56. The molecule has 0 aliphatic carbocycles. The van der Waals surface area contributed by atoms with Crippen molar-refractivity contribution in [2.75, 3.05) is 35.7 Å². The molecule has 0 bridgehead atoms. The van der Waals surface area contributed by atoms with Crippen LogP contribution in [0, 0.1) is 5.82 Å². The van der Waals surface area contributed by atoms with E-state index in [1.54, 1.807) is 18.3 Å². The predicted octanol–water partition coefficient (Wildman–Crippen LogP) is 6.32. The largest absolute Gasteiger partial charge is 0.496 e. The number of hydrogen-bond donors (Lipinski definition) is 2. The Kier molecular flexibility index (Phi) is 7.62. The Morgan fingerprint density at radius 2 is 1.77 bits per heavy atom. The summed E-state index contributed by atoms with van der Waals surface area (Å²) in [6.45, 7) is 1.89. The van der Waals surface area contributed by atoms with E-state index >= 15 is 0 Å². The fraction of sp³-hybridized carbons (Fsp3) is 0.333. The van der Waals surface area contributed by atoms with E-state index in [9.17, 15) is 17.6 Å². The number of fused-ring (bicyclic) bond motifs is 1. The lowest BCUT2D eigenvalue weighted by Crippen LogP contribution is -2.26. The smallest absolute Gasteiger partial charge is 0.420 e. The average Bonchev–Trinajstić information content (AvgIpc) is 3.22. The molecule has 0 saturated carbocycles. The van der Waals surface area contributed by atoms with Gasteiger partial charge in [-0.3, -0.25) is 0 Å². The van der Waals surface area contributed by atoms with E-state index in [0.717, 1.165) is 32.0 Å². The highest BCUT2D eigenvalue weighted by atomic mass is 19.4. The summed E-state index contributed by atoms with van der Waals surface area (Å²) in [7, 11) is 1.19. The van der Waals surface area contributed by atoms with Crippen molar-refractivity contribution in [2.24, 2.45) is 0 Å². The van der Waals surface area contributed by atoms with Crippen LogP contribution in [0.4, 0.5) is 40.7 Å². The van der Waals surface area contributed by atoms with Crippen LogP contribution in [0.25, 0.3) is 11.0 Å². The van der Waals surface area contributed by atoms with Gasteiger partial charge in [0.05, 0.1) is 24.6 Å². The number of hydrogen-bond acceptors (Lipinski definition) is 8. The van der Waals surface area contributed by atoms with Crippen molar-refractivity contribution in [3.05, 3.63) is 65.9 Å². The molecule has 0 radical (unpaired) electrons. The van der Waals surface area contributed by atoms with E-state index in [-0.39, 0.29) is 23.7 Å². The summed E-state index contributed by atoms with van der Waals surface area (Å²) in [6, 6.07) is 8.14. The Hall–Kier alpha value is -4.22. The zero-order valence-electron chi connectivity index (χ0n) is 21.2. The second-order valence-electron chi connectivity index (χ2n) is 9.23. The molecule has 2 aromatic carbocycles. The van der Waals surface area contributed by atoms with Gasteiger partial charge in [0.2, 0.25) is 5.95 Å². The van der Waals surface area contributed by atoms with Crippen LogP contribution >= 0.6 is 0 Å². The quantitative estimate of drug-likeness (QED) is 0.263. The Balaban J connectivity index is 1.37. The van der Waals surface area contributed by atoms with E-state index in [1.807, 2.05) is 0 Å². The molecule has 2 N–H and O–H groups in total. The molecule has 39 heavy (non-hydrogen) atoms. The van der Waals surface area contributed by atoms with Crippen LogP contribution in [0.2, 0.25) is 0 Å². The van der Waals surface area contributed by atoms with Crippen molar-refractivity contribution in [3.63, 3.8) is 0 Å². The zero-order valence-corrected chi connectivity index (χ0v) is 21.2. The first kappa shape index (κ1) is 26.4. The summed E-state index contributed by atoms with van der Waals surface area (Å²) < 4.78 is 59.7. The maximum atomic E-state index is 14.8. The highest BCUT2D eigenvalue weighted by Gasteiger charge is 2.34. The van der Waals surface area contributed by atoms with Gasteiger partial charge in [0.15, 0.2) is 5.82 Å². The molecule has 2 aromatic heterocycles. The van der Waals surface area contributed by atoms with Gasteiger partial charge in [-0.15, -0.1) is 0 Å². The van der Waals surface area contributed by atoms with E-state index in [0.29, 0.717) is 28.4 Å². The molecule has 8 nitrogen and oxygen atoms in total. The summed E-state index contributed by atoms with van der Waals surface area (Å²) in [6.07, 6.45) is 2.91. The molecule has 0 unspecified atom stereocenters. The minimum absolute atomic E-state index is 0.148. The second-order valence-corrected chi connectivity index (χ2v) is 9.23. The highest BCUT2D eigenvalue weighted by molar-refractivity contribution is 5.87. The van der Waals surface area contributed by atoms with Crippen LogP contribution in [-0.2, 0) is 12.7 Å². The molecule has 1 saturated heterocycles. The summed E-state index contributed by atoms with van der Waals surface area (Å²) >= 11 is 0. The topological polar surface area (TPSA) is 88.1 Å². The number of halogens is 4. The van der Waals surface area contributed by atoms with Crippen LogP contribution in [0.5, 0.6) is 5.75 Å². The lowest BCUT2D eigenvalue weighted by atomic mass is 10.1. The van der Waals surface area contributed by atoms with Gasteiger partial charge in [-0.05, 0) is 48.7 Å². The zero-order chi connectivity index (χ0) is 27.4. The number of ether oxygens (including phenoxy) is 1. The maximum Gasteiger partial charge on any atom is 0.420 e. The Bertz CT molecular complexity index is 1460. The normalized spacial score (nSPS) is 14.2. The van der Waals surface area contributed by atoms with Gasteiger partial charge in [-0.2, -0.15) is 13.2 Å². The first-order chi connectivity index (χ1) is 18.8. The molecule has 3 heterocycles. The molecule has 1 fully saturated rings. The monoisotopic (exact) mass is 541 g/mol. The van der Waals surface area contributed by atoms with E-state index in [2.05, 4.69) is 30.5 Å². The first-order valence-corrected chi connectivity index (χ1v) is 12.6. The van der Waals surface area contributed by atoms with Crippen molar-refractivity contribution in [2.45, 2.75) is 38.4 Å². The van der Waals surface area contributed by atoms with E-state index in [1.165, 1.54) is 44.5 Å². The number of aromatic nitrogens is 4. The van der Waals surface area contributed by atoms with Crippen molar-refractivity contribution in [3.8, 4) is 5.75 Å². The predicted molar refractivity (Wildman–Crippen MR) is 141 cm³/mol. The second kappa shape index (κ2) is 11.3. The number of nitrogens with one attached hydrogen (secondary N) is 2. The number of benzene rings is 2. The fourth-order valence-electron chi connectivity index (χ4n) is 4.51. The van der Waals surface area contributed by atoms with Crippen LogP contribution in [-0.4, -0.2) is 40.1 Å². The Morgan fingerprint density at radius 3 is 2.51 bits per heavy atom. The number of alkyl halides is 3. The Labute approximate surface area is 222 Å². The van der Waals surface area contributed by atoms with Crippen molar-refractivity contribution >= 4 is 34.2 Å². The summed E-state index contributed by atoms with van der Waals surface area (Å²) in [4.78, 5) is 19.8. The van der Waals surface area contributed by atoms with E-state index in [4.69, 9.17) is 9.72 Å². The van der Waals surface area contributed by atoms with E-state index < -0.39 is 17.6 Å². The lowest BCUT2D eigenvalue weighted by molar-refractivity contribution is -0.138. The van der Waals surface area contributed by atoms with Gasteiger partial charge < -0.3 is 20.3 Å². The molecular formula is C27H27F4N7O. The molecular weight excluding hydrogens is 514 g/mol. The van der Waals surface area contributed by atoms with Gasteiger partial charge in [0, 0.05) is 25.3 Å². The summed E-state index contributed by atoms with van der Waals surface area (Å²) in [5, 5.41) is 5.97. The van der Waals surface area contributed by atoms with Crippen molar-refractivity contribution in [1.82, 2.24) is 19.9 Å². The van der Waals surface area contributed by atoms with Crippen molar-refractivity contribution in [1.29, 1.82) is 0 Å². The summed E-state index contributed by atoms with van der Waals surface area (Å²) in [5.74, 6) is 0.128. The number of nitrogens with zero attached hydrogens (tertiary/aromatic N) is 5. The summed E-state index contributed by atoms with van der Waals surface area (Å²) in [5.41, 5.74) is 1.14. The number of rotatable bonds is 7. The molecule has 1 aliphatic rings. The minimum Gasteiger partial charge on any atom is -0.496 e. The lowest BCUT2D eigenvalue weighted by Gasteiger charge is -2.20. The third-order valence-corrected chi connectivity index (χ3v) is 6.54. The van der Waals surface area contributed by atoms with Gasteiger partial charge in [0.1, 0.15) is 28.9 Å². The van der Waals surface area contributed by atoms with Gasteiger partial charge in [0.25, 0.3) is 0 Å². The Morgan fingerprint density at radius 1 is 0.974 bits per heavy atom. The number of anilines is 4. The third kappa shape index (κ3) is 6.10. The fourth-order valence-corrected chi connectivity index (χ4v) is 4.51. The number of methoxy groups -OCH3 is 1.